The SMILES string of the molecule is COc1ccc2nc(Cl)c(C(O)c3c(O)nc(C)c4cc(OC)c(OC)cc34)cc2c1. The summed E-state index contributed by atoms with van der Waals surface area (Å²) in [7, 11) is 4.63. The number of ether oxygens (including phenoxy) is 3. The molecule has 0 aliphatic heterocycles. The van der Waals surface area contributed by atoms with Crippen molar-refractivity contribution in [1.82, 2.24) is 9.97 Å². The summed E-state index contributed by atoms with van der Waals surface area (Å²) in [6, 6.07) is 10.6. The summed E-state index contributed by atoms with van der Waals surface area (Å²) in [6.45, 7) is 1.76. The van der Waals surface area contributed by atoms with E-state index in [0.29, 0.717) is 44.8 Å². The van der Waals surface area contributed by atoms with E-state index in [9.17, 15) is 10.2 Å². The number of nitrogens with zero attached hydrogens (tertiary/aromatic N) is 2. The van der Waals surface area contributed by atoms with Crippen molar-refractivity contribution in [2.24, 2.45) is 0 Å². The second-order valence-corrected chi connectivity index (χ2v) is 7.37. The zero-order chi connectivity index (χ0) is 22.3. The van der Waals surface area contributed by atoms with Crippen LogP contribution >= 0.6 is 11.6 Å². The maximum absolute atomic E-state index is 11.3. The fourth-order valence-corrected chi connectivity index (χ4v) is 3.94. The number of aryl methyl sites for hydroxylation is 1. The Morgan fingerprint density at radius 2 is 1.58 bits per heavy atom. The quantitative estimate of drug-likeness (QED) is 0.439. The fourth-order valence-electron chi connectivity index (χ4n) is 3.69. The second-order valence-electron chi connectivity index (χ2n) is 7.02. The van der Waals surface area contributed by atoms with E-state index in [4.69, 9.17) is 25.8 Å². The summed E-state index contributed by atoms with van der Waals surface area (Å²) in [5.74, 6) is 1.33. The molecule has 1 atom stereocenters. The van der Waals surface area contributed by atoms with Crippen molar-refractivity contribution < 1.29 is 24.4 Å². The summed E-state index contributed by atoms with van der Waals surface area (Å²) in [5.41, 5.74) is 1.77. The first kappa shape index (κ1) is 21.0. The highest BCUT2D eigenvalue weighted by molar-refractivity contribution is 6.30. The zero-order valence-electron chi connectivity index (χ0n) is 17.4. The Balaban J connectivity index is 1.97. The molecular weight excluding hydrogens is 420 g/mol. The van der Waals surface area contributed by atoms with Crippen molar-refractivity contribution in [3.8, 4) is 23.1 Å². The van der Waals surface area contributed by atoms with Crippen LogP contribution in [0.2, 0.25) is 5.15 Å². The van der Waals surface area contributed by atoms with E-state index < -0.39 is 6.10 Å². The van der Waals surface area contributed by atoms with E-state index in [1.54, 1.807) is 50.4 Å². The molecule has 0 fully saturated rings. The molecule has 0 radical (unpaired) electrons. The molecule has 7 nitrogen and oxygen atoms in total. The molecule has 2 aromatic heterocycles. The predicted molar refractivity (Wildman–Crippen MR) is 119 cm³/mol. The Hall–Kier alpha value is -3.29. The zero-order valence-corrected chi connectivity index (χ0v) is 18.2. The third-order valence-electron chi connectivity index (χ3n) is 5.29. The average molecular weight is 441 g/mol. The number of rotatable bonds is 5. The van der Waals surface area contributed by atoms with Crippen LogP contribution in [-0.2, 0) is 0 Å². The lowest BCUT2D eigenvalue weighted by atomic mass is 9.95. The number of hydrogen-bond acceptors (Lipinski definition) is 7. The van der Waals surface area contributed by atoms with E-state index in [1.165, 1.54) is 14.2 Å². The molecule has 2 N–H and O–H groups in total. The van der Waals surface area contributed by atoms with Gasteiger partial charge in [-0.25, -0.2) is 9.97 Å². The Kier molecular flexibility index (Phi) is 5.47. The van der Waals surface area contributed by atoms with E-state index >= 15 is 0 Å². The van der Waals surface area contributed by atoms with E-state index in [0.717, 1.165) is 5.39 Å². The minimum Gasteiger partial charge on any atom is -0.497 e. The second kappa shape index (κ2) is 8.09. The van der Waals surface area contributed by atoms with Crippen LogP contribution in [0.1, 0.15) is 22.9 Å². The lowest BCUT2D eigenvalue weighted by Gasteiger charge is -2.19. The standard InChI is InChI=1S/C23H21ClN2O5/c1-11-14-9-18(30-3)19(31-4)10-15(14)20(23(28)25-11)21(27)16-8-12-7-13(29-2)5-6-17(12)26-22(16)24/h5-10,21,27H,1-4H3,(H,25,28). The van der Waals surface area contributed by atoms with Crippen molar-refractivity contribution >= 4 is 33.3 Å². The number of aromatic nitrogens is 2. The highest BCUT2D eigenvalue weighted by Gasteiger charge is 2.25. The minimum atomic E-state index is -1.29. The molecule has 4 aromatic rings. The monoisotopic (exact) mass is 440 g/mol. The Labute approximate surface area is 183 Å². The highest BCUT2D eigenvalue weighted by Crippen LogP contribution is 2.42. The lowest BCUT2D eigenvalue weighted by molar-refractivity contribution is 0.216. The van der Waals surface area contributed by atoms with Crippen LogP contribution in [0.5, 0.6) is 23.1 Å². The van der Waals surface area contributed by atoms with Crippen LogP contribution in [0.15, 0.2) is 36.4 Å². The summed E-state index contributed by atoms with van der Waals surface area (Å²) < 4.78 is 16.1. The molecule has 0 amide bonds. The summed E-state index contributed by atoms with van der Waals surface area (Å²) in [5, 5.41) is 24.1. The Morgan fingerprint density at radius 3 is 2.23 bits per heavy atom. The van der Waals surface area contributed by atoms with Crippen LogP contribution in [0.3, 0.4) is 0 Å². The number of hydrogen-bond donors (Lipinski definition) is 2. The van der Waals surface area contributed by atoms with Gasteiger partial charge < -0.3 is 24.4 Å². The molecule has 0 aliphatic carbocycles. The molecule has 2 aromatic carbocycles. The van der Waals surface area contributed by atoms with Gasteiger partial charge in [-0.15, -0.1) is 0 Å². The highest BCUT2D eigenvalue weighted by atomic mass is 35.5. The maximum atomic E-state index is 11.3. The third kappa shape index (κ3) is 3.56. The molecule has 0 bridgehead atoms. The number of aliphatic hydroxyl groups is 1. The third-order valence-corrected chi connectivity index (χ3v) is 5.59. The number of aliphatic hydroxyl groups excluding tert-OH is 1. The number of pyridine rings is 2. The van der Waals surface area contributed by atoms with Gasteiger partial charge >= 0.3 is 0 Å². The topological polar surface area (TPSA) is 93.9 Å². The number of halogens is 1. The number of methoxy groups -OCH3 is 3. The van der Waals surface area contributed by atoms with Gasteiger partial charge in [0.2, 0.25) is 5.88 Å². The first-order valence-electron chi connectivity index (χ1n) is 9.45. The smallest absolute Gasteiger partial charge is 0.217 e. The first-order valence-corrected chi connectivity index (χ1v) is 9.83. The van der Waals surface area contributed by atoms with E-state index in [2.05, 4.69) is 9.97 Å². The molecule has 31 heavy (non-hydrogen) atoms. The summed E-state index contributed by atoms with van der Waals surface area (Å²) in [6.07, 6.45) is -1.29. The van der Waals surface area contributed by atoms with Gasteiger partial charge in [0.05, 0.1) is 32.4 Å². The van der Waals surface area contributed by atoms with E-state index in [1.807, 2.05) is 0 Å². The van der Waals surface area contributed by atoms with Crippen LogP contribution in [0.25, 0.3) is 21.7 Å². The lowest BCUT2D eigenvalue weighted by Crippen LogP contribution is -2.06. The van der Waals surface area contributed by atoms with Crippen molar-refractivity contribution in [2.45, 2.75) is 13.0 Å². The molecule has 0 saturated carbocycles. The fraction of sp³-hybridized carbons (Fsp3) is 0.217. The van der Waals surface area contributed by atoms with Crippen LogP contribution in [-0.4, -0.2) is 41.5 Å². The van der Waals surface area contributed by atoms with Crippen molar-refractivity contribution in [2.75, 3.05) is 21.3 Å². The van der Waals surface area contributed by atoms with Gasteiger partial charge in [0.1, 0.15) is 17.0 Å². The van der Waals surface area contributed by atoms with Crippen LogP contribution in [0, 0.1) is 6.92 Å². The summed E-state index contributed by atoms with van der Waals surface area (Å²) in [4.78, 5) is 8.60. The predicted octanol–water partition coefficient (Wildman–Crippen LogP) is 4.56. The largest absolute Gasteiger partial charge is 0.497 e. The molecule has 0 spiro atoms. The summed E-state index contributed by atoms with van der Waals surface area (Å²) >= 11 is 6.41. The van der Waals surface area contributed by atoms with Crippen molar-refractivity contribution in [3.05, 3.63) is 58.4 Å². The first-order chi connectivity index (χ1) is 14.9. The van der Waals surface area contributed by atoms with Gasteiger partial charge in [0, 0.05) is 22.0 Å². The molecule has 160 valence electrons. The Bertz CT molecular complexity index is 1310. The Morgan fingerprint density at radius 1 is 0.903 bits per heavy atom. The molecule has 2 heterocycles. The van der Waals surface area contributed by atoms with Crippen molar-refractivity contribution in [3.63, 3.8) is 0 Å². The molecule has 4 rings (SSSR count). The number of fused-ring (bicyclic) bond motifs is 2. The normalized spacial score (nSPS) is 12.2. The molecule has 1 unspecified atom stereocenters. The van der Waals surface area contributed by atoms with Gasteiger partial charge in [0.15, 0.2) is 11.5 Å². The average Bonchev–Trinajstić information content (AvgIpc) is 2.77. The maximum Gasteiger partial charge on any atom is 0.217 e. The van der Waals surface area contributed by atoms with Gasteiger partial charge in [0.25, 0.3) is 0 Å². The molecule has 8 heteroatoms. The van der Waals surface area contributed by atoms with Gasteiger partial charge in [-0.05, 0) is 48.7 Å². The van der Waals surface area contributed by atoms with E-state index in [-0.39, 0.29) is 16.6 Å². The van der Waals surface area contributed by atoms with Crippen molar-refractivity contribution in [1.29, 1.82) is 0 Å². The van der Waals surface area contributed by atoms with Gasteiger partial charge in [-0.2, -0.15) is 0 Å². The van der Waals surface area contributed by atoms with Crippen LogP contribution < -0.4 is 14.2 Å². The van der Waals surface area contributed by atoms with Gasteiger partial charge in [-0.3, -0.25) is 0 Å². The van der Waals surface area contributed by atoms with Gasteiger partial charge in [-0.1, -0.05) is 11.6 Å². The number of benzene rings is 2. The van der Waals surface area contributed by atoms with Crippen LogP contribution in [0.4, 0.5) is 0 Å². The molecular formula is C23H21ClN2O5. The molecule has 0 aliphatic rings. The number of aromatic hydroxyl groups is 1. The minimum absolute atomic E-state index is 0.124. The molecule has 0 saturated heterocycles.